The number of rotatable bonds is 5. The van der Waals surface area contributed by atoms with Gasteiger partial charge in [-0.3, -0.25) is 4.79 Å². The van der Waals surface area contributed by atoms with Gasteiger partial charge in [0.1, 0.15) is 5.75 Å². The maximum Gasteiger partial charge on any atom is 0.345 e. The van der Waals surface area contributed by atoms with E-state index in [0.717, 1.165) is 16.3 Å². The number of nitrogens with zero attached hydrogens (tertiary/aromatic N) is 1. The Bertz CT molecular complexity index is 1350. The van der Waals surface area contributed by atoms with Gasteiger partial charge in [-0.2, -0.15) is 5.10 Å². The molecule has 6 heteroatoms. The fourth-order valence-electron chi connectivity index (χ4n) is 3.29. The molecule has 0 aliphatic heterocycles. The molecule has 4 rings (SSSR count). The molecule has 0 saturated heterocycles. The van der Waals surface area contributed by atoms with E-state index in [1.54, 1.807) is 42.5 Å². The molecule has 5 nitrogen and oxygen atoms in total. The Balaban J connectivity index is 1.64. The Morgan fingerprint density at radius 2 is 1.72 bits per heavy atom. The Hall–Kier alpha value is -3.96. The highest BCUT2D eigenvalue weighted by Crippen LogP contribution is 2.28. The number of hydrogen-bond acceptors (Lipinski definition) is 4. The lowest BCUT2D eigenvalue weighted by atomic mass is 10.0. The summed E-state index contributed by atoms with van der Waals surface area (Å²) in [5, 5.41) is 6.18. The summed E-state index contributed by atoms with van der Waals surface area (Å²) < 4.78 is 5.65. The van der Waals surface area contributed by atoms with Crippen LogP contribution in [-0.4, -0.2) is 18.1 Å². The molecule has 0 aliphatic carbocycles. The summed E-state index contributed by atoms with van der Waals surface area (Å²) in [5.74, 6) is -0.605. The quantitative estimate of drug-likeness (QED) is 0.184. The molecule has 1 amide bonds. The van der Waals surface area contributed by atoms with E-state index >= 15 is 0 Å². The molecular weight excluding hydrogens is 424 g/mol. The first-order valence-corrected chi connectivity index (χ1v) is 10.3. The van der Waals surface area contributed by atoms with Crippen LogP contribution in [-0.2, 0) is 0 Å². The molecular formula is C26H19ClN2O3. The van der Waals surface area contributed by atoms with Gasteiger partial charge in [0.15, 0.2) is 0 Å². The van der Waals surface area contributed by atoms with Gasteiger partial charge in [0, 0.05) is 11.1 Å². The lowest BCUT2D eigenvalue weighted by molar-refractivity contribution is 0.0734. The van der Waals surface area contributed by atoms with E-state index in [-0.39, 0.29) is 11.5 Å². The third kappa shape index (κ3) is 4.68. The van der Waals surface area contributed by atoms with Crippen LogP contribution >= 0.6 is 11.6 Å². The fraction of sp³-hybridized carbons (Fsp3) is 0.0385. The Morgan fingerprint density at radius 3 is 2.53 bits per heavy atom. The van der Waals surface area contributed by atoms with Gasteiger partial charge in [0.2, 0.25) is 0 Å². The van der Waals surface area contributed by atoms with E-state index in [9.17, 15) is 9.59 Å². The Kier molecular flexibility index (Phi) is 6.29. The average molecular weight is 443 g/mol. The third-order valence-electron chi connectivity index (χ3n) is 4.87. The summed E-state index contributed by atoms with van der Waals surface area (Å²) in [6.45, 7) is 1.91. The van der Waals surface area contributed by atoms with Gasteiger partial charge in [0.25, 0.3) is 5.91 Å². The molecule has 158 valence electrons. The van der Waals surface area contributed by atoms with Crippen LogP contribution in [0.4, 0.5) is 0 Å². The van der Waals surface area contributed by atoms with Gasteiger partial charge in [0.05, 0.1) is 16.8 Å². The zero-order valence-electron chi connectivity index (χ0n) is 17.2. The monoisotopic (exact) mass is 442 g/mol. The van der Waals surface area contributed by atoms with Crippen molar-refractivity contribution in [2.75, 3.05) is 0 Å². The molecule has 4 aromatic rings. The summed E-state index contributed by atoms with van der Waals surface area (Å²) in [6, 6.07) is 25.1. The predicted octanol–water partition coefficient (Wildman–Crippen LogP) is 5.78. The third-order valence-corrected chi connectivity index (χ3v) is 5.20. The minimum absolute atomic E-state index is 0.262. The molecule has 32 heavy (non-hydrogen) atoms. The number of carbonyl (C=O) groups is 2. The molecule has 0 bridgehead atoms. The summed E-state index contributed by atoms with van der Waals surface area (Å²) in [6.07, 6.45) is 1.48. The number of hydrogen-bond donors (Lipinski definition) is 1. The molecule has 0 saturated carbocycles. The number of carbonyl (C=O) groups excluding carboxylic acids is 2. The number of halogens is 1. The lowest BCUT2D eigenvalue weighted by Crippen LogP contribution is -2.18. The second kappa shape index (κ2) is 9.45. The highest BCUT2D eigenvalue weighted by Gasteiger charge is 2.16. The molecule has 0 heterocycles. The minimum atomic E-state index is -0.579. The van der Waals surface area contributed by atoms with E-state index in [1.165, 1.54) is 6.21 Å². The van der Waals surface area contributed by atoms with Gasteiger partial charge in [-0.05, 0) is 48.0 Å². The van der Waals surface area contributed by atoms with Crippen molar-refractivity contribution in [3.63, 3.8) is 0 Å². The zero-order valence-corrected chi connectivity index (χ0v) is 18.0. The average Bonchev–Trinajstić information content (AvgIpc) is 2.80. The fourth-order valence-corrected chi connectivity index (χ4v) is 3.50. The zero-order chi connectivity index (χ0) is 22.5. The molecule has 0 atom stereocenters. The number of hydrazone groups is 1. The maximum atomic E-state index is 12.7. The van der Waals surface area contributed by atoms with Crippen LogP contribution in [0.5, 0.6) is 5.75 Å². The first-order chi connectivity index (χ1) is 15.5. The number of nitrogens with one attached hydrogen (secondary N) is 1. The van der Waals surface area contributed by atoms with Crippen LogP contribution in [0.1, 0.15) is 31.8 Å². The van der Waals surface area contributed by atoms with Crippen LogP contribution in [0.25, 0.3) is 10.8 Å². The molecule has 1 N–H and O–H groups in total. The summed E-state index contributed by atoms with van der Waals surface area (Å²) in [5.41, 5.74) is 4.84. The van der Waals surface area contributed by atoms with Crippen LogP contribution in [0.2, 0.25) is 5.02 Å². The largest absolute Gasteiger partial charge is 0.422 e. The Labute approximate surface area is 190 Å². The van der Waals surface area contributed by atoms with Crippen LogP contribution < -0.4 is 10.2 Å². The van der Waals surface area contributed by atoms with Gasteiger partial charge < -0.3 is 4.74 Å². The van der Waals surface area contributed by atoms with Crippen molar-refractivity contribution in [1.82, 2.24) is 5.43 Å². The molecule has 0 spiro atoms. The van der Waals surface area contributed by atoms with E-state index in [4.69, 9.17) is 16.3 Å². The summed E-state index contributed by atoms with van der Waals surface area (Å²) in [4.78, 5) is 25.1. The lowest BCUT2D eigenvalue weighted by Gasteiger charge is -2.11. The minimum Gasteiger partial charge on any atom is -0.422 e. The first kappa shape index (κ1) is 21.3. The number of fused-ring (bicyclic) bond motifs is 1. The Morgan fingerprint density at radius 1 is 0.938 bits per heavy atom. The highest BCUT2D eigenvalue weighted by atomic mass is 35.5. The molecule has 0 aliphatic rings. The standard InChI is InChI=1S/C26H19ClN2O3/c1-17-7-6-9-19(15-17)25(30)29-28-16-22-20-10-3-2-8-18(20)13-14-24(22)32-26(31)21-11-4-5-12-23(21)27/h2-16H,1H3,(H,29,30)/b28-16+. The smallest absolute Gasteiger partial charge is 0.345 e. The van der Waals surface area contributed by atoms with Gasteiger partial charge in [-0.1, -0.05) is 71.8 Å². The highest BCUT2D eigenvalue weighted by molar-refractivity contribution is 6.33. The number of benzene rings is 4. The maximum absolute atomic E-state index is 12.7. The molecule has 4 aromatic carbocycles. The van der Waals surface area contributed by atoms with Crippen molar-refractivity contribution in [2.45, 2.75) is 6.92 Å². The van der Waals surface area contributed by atoms with E-state index in [1.807, 2.05) is 49.4 Å². The predicted molar refractivity (Wildman–Crippen MR) is 127 cm³/mol. The van der Waals surface area contributed by atoms with Crippen LogP contribution in [0, 0.1) is 6.92 Å². The normalized spacial score (nSPS) is 10.9. The topological polar surface area (TPSA) is 67.8 Å². The number of aryl methyl sites for hydroxylation is 1. The first-order valence-electron chi connectivity index (χ1n) is 9.91. The van der Waals surface area contributed by atoms with Gasteiger partial charge in [-0.15, -0.1) is 0 Å². The van der Waals surface area contributed by atoms with E-state index < -0.39 is 5.97 Å². The molecule has 0 fully saturated rings. The number of ether oxygens (including phenoxy) is 1. The SMILES string of the molecule is Cc1cccc(C(=O)N/N=C/c2c(OC(=O)c3ccccc3Cl)ccc3ccccc23)c1. The van der Waals surface area contributed by atoms with E-state index in [0.29, 0.717) is 21.9 Å². The second-order valence-electron chi connectivity index (χ2n) is 7.14. The molecule has 0 aromatic heterocycles. The summed E-state index contributed by atoms with van der Waals surface area (Å²) in [7, 11) is 0. The van der Waals surface area contributed by atoms with Gasteiger partial charge >= 0.3 is 5.97 Å². The van der Waals surface area contributed by atoms with Crippen LogP contribution in [0.3, 0.4) is 0 Å². The second-order valence-corrected chi connectivity index (χ2v) is 7.54. The molecule has 0 radical (unpaired) electrons. The summed E-state index contributed by atoms with van der Waals surface area (Å²) >= 11 is 6.13. The molecule has 0 unspecified atom stereocenters. The van der Waals surface area contributed by atoms with Crippen molar-refractivity contribution in [3.8, 4) is 5.75 Å². The van der Waals surface area contributed by atoms with Crippen molar-refractivity contribution >= 4 is 40.5 Å². The number of amides is 1. The van der Waals surface area contributed by atoms with Crippen molar-refractivity contribution in [3.05, 3.63) is 112 Å². The van der Waals surface area contributed by atoms with Crippen molar-refractivity contribution in [2.24, 2.45) is 5.10 Å². The van der Waals surface area contributed by atoms with E-state index in [2.05, 4.69) is 10.5 Å². The number of esters is 1. The van der Waals surface area contributed by atoms with Crippen LogP contribution in [0.15, 0.2) is 90.0 Å². The van der Waals surface area contributed by atoms with Crippen molar-refractivity contribution in [1.29, 1.82) is 0 Å². The van der Waals surface area contributed by atoms with Gasteiger partial charge in [-0.25, -0.2) is 10.2 Å². The van der Waals surface area contributed by atoms with Crippen molar-refractivity contribution < 1.29 is 14.3 Å².